The van der Waals surface area contributed by atoms with Crippen molar-refractivity contribution in [2.45, 2.75) is 31.9 Å². The second-order valence-electron chi connectivity index (χ2n) is 9.56. The van der Waals surface area contributed by atoms with Crippen LogP contribution in [-0.4, -0.2) is 25.3 Å². The predicted octanol–water partition coefficient (Wildman–Crippen LogP) is 5.60. The molecule has 0 saturated heterocycles. The number of fused-ring (bicyclic) bond motifs is 1. The topological polar surface area (TPSA) is 76.5 Å². The van der Waals surface area contributed by atoms with Crippen molar-refractivity contribution in [3.63, 3.8) is 0 Å². The Morgan fingerprint density at radius 2 is 1.76 bits per heavy atom. The smallest absolute Gasteiger partial charge is 0.301 e. The van der Waals surface area contributed by atoms with Crippen molar-refractivity contribution in [1.82, 2.24) is 19.1 Å². The maximum absolute atomic E-state index is 13.2. The van der Waals surface area contributed by atoms with E-state index < -0.39 is 17.2 Å². The zero-order valence-corrected chi connectivity index (χ0v) is 20.3. The van der Waals surface area contributed by atoms with Crippen molar-refractivity contribution in [1.29, 1.82) is 5.26 Å². The summed E-state index contributed by atoms with van der Waals surface area (Å²) in [4.78, 5) is 21.8. The predicted molar refractivity (Wildman–Crippen MR) is 134 cm³/mol. The second kappa shape index (κ2) is 8.59. The van der Waals surface area contributed by atoms with Gasteiger partial charge in [0.15, 0.2) is 0 Å². The van der Waals surface area contributed by atoms with Crippen molar-refractivity contribution in [2.75, 3.05) is 0 Å². The van der Waals surface area contributed by atoms with Crippen LogP contribution >= 0.6 is 0 Å². The Bertz CT molecular complexity index is 1650. The fraction of sp³-hybridized carbons (Fsp3) is 0.214. The van der Waals surface area contributed by atoms with Gasteiger partial charge >= 0.3 is 11.9 Å². The molecule has 5 rings (SSSR count). The number of imidazole rings is 1. The summed E-state index contributed by atoms with van der Waals surface area (Å²) in [6.45, 7) is 3.65. The molecule has 1 aliphatic carbocycles. The number of alkyl halides is 3. The molecule has 3 heterocycles. The first-order chi connectivity index (χ1) is 17.5. The van der Waals surface area contributed by atoms with Crippen LogP contribution in [0.1, 0.15) is 30.7 Å². The lowest BCUT2D eigenvalue weighted by Crippen LogP contribution is -2.21. The van der Waals surface area contributed by atoms with E-state index in [-0.39, 0.29) is 12.1 Å². The molecule has 4 aromatic rings. The molecule has 0 spiro atoms. The third kappa shape index (κ3) is 4.35. The van der Waals surface area contributed by atoms with E-state index in [0.717, 1.165) is 11.6 Å². The first-order valence-corrected chi connectivity index (χ1v) is 11.5. The molecule has 0 aliphatic heterocycles. The molecule has 0 unspecified atom stereocenters. The monoisotopic (exact) mass is 501 g/mol. The number of aromatic nitrogens is 4. The Morgan fingerprint density at radius 1 is 1.03 bits per heavy atom. The number of nitriles is 1. The molecule has 1 aliphatic rings. The highest BCUT2D eigenvalue weighted by Gasteiger charge is 2.36. The summed E-state index contributed by atoms with van der Waals surface area (Å²) in [6.07, 6.45) is 1.35. The van der Waals surface area contributed by atoms with Crippen molar-refractivity contribution in [2.24, 2.45) is 7.05 Å². The Hall–Kier alpha value is -4.45. The van der Waals surface area contributed by atoms with Gasteiger partial charge in [-0.15, -0.1) is 0 Å². The van der Waals surface area contributed by atoms with Gasteiger partial charge in [-0.25, -0.2) is 4.79 Å². The van der Waals surface area contributed by atoms with Gasteiger partial charge in [0, 0.05) is 43.2 Å². The van der Waals surface area contributed by atoms with Crippen LogP contribution in [0.15, 0.2) is 71.4 Å². The van der Waals surface area contributed by atoms with Gasteiger partial charge in [-0.2, -0.15) is 18.4 Å². The van der Waals surface area contributed by atoms with Crippen LogP contribution in [-0.2, 0) is 18.9 Å². The highest BCUT2D eigenvalue weighted by Crippen LogP contribution is 2.37. The van der Waals surface area contributed by atoms with E-state index in [0.29, 0.717) is 39.5 Å². The van der Waals surface area contributed by atoms with Gasteiger partial charge in [0.25, 0.3) is 0 Å². The van der Waals surface area contributed by atoms with E-state index in [2.05, 4.69) is 16.0 Å². The second-order valence-corrected chi connectivity index (χ2v) is 9.56. The lowest BCUT2D eigenvalue weighted by Gasteiger charge is -2.16. The Morgan fingerprint density at radius 3 is 2.43 bits per heavy atom. The molecule has 3 aromatic heterocycles. The van der Waals surface area contributed by atoms with Gasteiger partial charge in [-0.3, -0.25) is 14.5 Å². The standard InChI is InChI=1S/C28H22F3N5O/c1-27(2,16-32)20-4-6-22(7-5-20)36-25(15-35(3)26(36)37)24-12-17(8-9-33-24)19-10-18-11-21(28(29,30)31)13-23(18)34-14-19/h4-12,14-15H,13H2,1-3H3. The van der Waals surface area contributed by atoms with Gasteiger partial charge in [-0.05, 0) is 66.9 Å². The summed E-state index contributed by atoms with van der Waals surface area (Å²) in [5.74, 6) is 0. The summed E-state index contributed by atoms with van der Waals surface area (Å²) >= 11 is 0. The van der Waals surface area contributed by atoms with Crippen LogP contribution in [0.2, 0.25) is 0 Å². The highest BCUT2D eigenvalue weighted by molar-refractivity contribution is 5.73. The van der Waals surface area contributed by atoms with E-state index in [1.807, 2.05) is 26.0 Å². The minimum Gasteiger partial charge on any atom is -0.301 e. The van der Waals surface area contributed by atoms with Crippen LogP contribution in [0.4, 0.5) is 13.2 Å². The van der Waals surface area contributed by atoms with Gasteiger partial charge in [-0.1, -0.05) is 12.1 Å². The third-order valence-electron chi connectivity index (χ3n) is 6.59. The summed E-state index contributed by atoms with van der Waals surface area (Å²) < 4.78 is 42.4. The largest absolute Gasteiger partial charge is 0.413 e. The number of nitrogens with zero attached hydrogens (tertiary/aromatic N) is 5. The molecule has 1 aromatic carbocycles. The molecule has 37 heavy (non-hydrogen) atoms. The first kappa shape index (κ1) is 24.3. The van der Waals surface area contributed by atoms with Gasteiger partial charge in [0.1, 0.15) is 0 Å². The molecule has 0 N–H and O–H groups in total. The Kier molecular flexibility index (Phi) is 5.63. The number of hydrogen-bond acceptors (Lipinski definition) is 4. The lowest BCUT2D eigenvalue weighted by atomic mass is 9.86. The summed E-state index contributed by atoms with van der Waals surface area (Å²) in [5, 5.41) is 9.42. The molecule has 0 amide bonds. The molecule has 0 saturated carbocycles. The van der Waals surface area contributed by atoms with Crippen LogP contribution < -0.4 is 5.69 Å². The molecular formula is C28H22F3N5O. The summed E-state index contributed by atoms with van der Waals surface area (Å²) in [7, 11) is 1.65. The van der Waals surface area contributed by atoms with E-state index in [9.17, 15) is 23.2 Å². The van der Waals surface area contributed by atoms with Crippen molar-refractivity contribution in [3.05, 3.63) is 93.9 Å². The highest BCUT2D eigenvalue weighted by atomic mass is 19.4. The Labute approximate surface area is 211 Å². The average Bonchev–Trinajstić information content (AvgIpc) is 3.45. The van der Waals surface area contributed by atoms with Crippen LogP contribution in [0, 0.1) is 11.3 Å². The summed E-state index contributed by atoms with van der Waals surface area (Å²) in [6, 6.07) is 14.7. The maximum atomic E-state index is 13.2. The normalized spacial score (nSPS) is 13.3. The number of aryl methyl sites for hydroxylation is 1. The minimum absolute atomic E-state index is 0.235. The van der Waals surface area contributed by atoms with Crippen molar-refractivity contribution >= 4 is 6.08 Å². The van der Waals surface area contributed by atoms with Crippen LogP contribution in [0.25, 0.3) is 34.3 Å². The van der Waals surface area contributed by atoms with E-state index >= 15 is 0 Å². The molecule has 0 fully saturated rings. The van der Waals surface area contributed by atoms with Gasteiger partial charge in [0.05, 0.1) is 34.3 Å². The number of rotatable bonds is 4. The fourth-order valence-corrected chi connectivity index (χ4v) is 4.37. The summed E-state index contributed by atoms with van der Waals surface area (Å²) in [5.41, 5.74) is 3.17. The number of halogens is 3. The molecule has 6 nitrogen and oxygen atoms in total. The number of benzene rings is 1. The van der Waals surface area contributed by atoms with Crippen molar-refractivity contribution in [3.8, 4) is 34.3 Å². The molecule has 9 heteroatoms. The average molecular weight is 502 g/mol. The van der Waals surface area contributed by atoms with Crippen molar-refractivity contribution < 1.29 is 13.2 Å². The number of hydrogen-bond donors (Lipinski definition) is 0. The zero-order chi connectivity index (χ0) is 26.5. The number of allylic oxidation sites excluding steroid dienone is 1. The first-order valence-electron chi connectivity index (χ1n) is 11.5. The fourth-order valence-electron chi connectivity index (χ4n) is 4.37. The van der Waals surface area contributed by atoms with E-state index in [1.165, 1.54) is 9.13 Å². The maximum Gasteiger partial charge on any atom is 0.413 e. The van der Waals surface area contributed by atoms with E-state index in [1.54, 1.807) is 56.0 Å². The van der Waals surface area contributed by atoms with Crippen LogP contribution in [0.3, 0.4) is 0 Å². The number of pyridine rings is 2. The lowest BCUT2D eigenvalue weighted by molar-refractivity contribution is -0.0918. The molecule has 0 radical (unpaired) electrons. The molecule has 0 atom stereocenters. The molecule has 0 bridgehead atoms. The molecule has 186 valence electrons. The third-order valence-corrected chi connectivity index (χ3v) is 6.59. The SMILES string of the molecule is Cn1cc(-c2cc(-c3cnc4c(c3)C=C(C(F)(F)F)C4)ccn2)n(-c2ccc(C(C)(C)C#N)cc2)c1=O. The minimum atomic E-state index is -4.38. The molecular weight excluding hydrogens is 479 g/mol. The Balaban J connectivity index is 1.55. The zero-order valence-electron chi connectivity index (χ0n) is 20.3. The van der Waals surface area contributed by atoms with Gasteiger partial charge < -0.3 is 4.57 Å². The quantitative estimate of drug-likeness (QED) is 0.365. The van der Waals surface area contributed by atoms with E-state index in [4.69, 9.17) is 0 Å². The van der Waals surface area contributed by atoms with Crippen LogP contribution in [0.5, 0.6) is 0 Å². The van der Waals surface area contributed by atoms with Gasteiger partial charge in [0.2, 0.25) is 0 Å².